The number of nitrogens with one attached hydrogen (secondary N) is 1. The maximum absolute atomic E-state index is 10.1. The Labute approximate surface area is 147 Å². The molecule has 0 heterocycles. The van der Waals surface area contributed by atoms with Crippen LogP contribution in [0.4, 0.5) is 0 Å². The van der Waals surface area contributed by atoms with Gasteiger partial charge >= 0.3 is 0 Å². The first kappa shape index (κ1) is 8.13. The molecule has 0 spiro atoms. The van der Waals surface area contributed by atoms with Crippen molar-refractivity contribution in [2.24, 2.45) is 5.89 Å². The highest BCUT2D eigenvalue weighted by atomic mass is 16.5. The Morgan fingerprint density at radius 1 is 1.45 bits per heavy atom. The fourth-order valence-electron chi connectivity index (χ4n) is 1.55. The van der Waals surface area contributed by atoms with Gasteiger partial charge in [-0.2, -0.15) is 0 Å². The lowest BCUT2D eigenvalue weighted by Gasteiger charge is -2.15. The van der Waals surface area contributed by atoms with Gasteiger partial charge in [0.25, 0.3) is 0 Å². The molecule has 0 aromatic heterocycles. The smallest absolute Gasteiger partial charge is 0.119 e. The van der Waals surface area contributed by atoms with Crippen LogP contribution in [0.15, 0.2) is 24.3 Å². The first-order chi connectivity index (χ1) is 14.3. The molecule has 1 aromatic rings. The van der Waals surface area contributed by atoms with Crippen molar-refractivity contribution in [3.05, 3.63) is 29.8 Å². The third-order valence-corrected chi connectivity index (χ3v) is 2.80. The molecule has 124 valence electrons. The van der Waals surface area contributed by atoms with E-state index in [0.717, 1.165) is 0 Å². The fraction of sp³-hybridized carbons (Fsp3) is 0.667. The molecule has 4 heteroatoms. The molecular formula is C18H29NO3. The molecule has 2 N–H and O–H groups in total. The van der Waals surface area contributed by atoms with E-state index in [1.165, 1.54) is 12.1 Å². The van der Waals surface area contributed by atoms with Crippen molar-refractivity contribution < 1.29 is 28.3 Å². The van der Waals surface area contributed by atoms with E-state index in [2.05, 4.69) is 5.32 Å². The molecule has 1 aromatic carbocycles. The monoisotopic (exact) mass is 317 g/mol. The number of ether oxygens (including phenoxy) is 2. The van der Waals surface area contributed by atoms with Gasteiger partial charge in [0.2, 0.25) is 0 Å². The lowest BCUT2D eigenvalue weighted by atomic mass is 10.1. The van der Waals surface area contributed by atoms with Gasteiger partial charge in [0, 0.05) is 26.0 Å². The van der Waals surface area contributed by atoms with Gasteiger partial charge in [-0.25, -0.2) is 0 Å². The van der Waals surface area contributed by atoms with E-state index < -0.39 is 37.8 Å². The van der Waals surface area contributed by atoms with Crippen LogP contribution in [-0.4, -0.2) is 43.5 Å². The summed E-state index contributed by atoms with van der Waals surface area (Å²) in [5.41, 5.74) is 0.636. The van der Waals surface area contributed by atoms with Crippen molar-refractivity contribution >= 4 is 0 Å². The number of aliphatic hydroxyl groups is 1. The van der Waals surface area contributed by atoms with Crippen LogP contribution in [0.25, 0.3) is 0 Å². The molecule has 1 aliphatic rings. The highest BCUT2D eigenvalue weighted by molar-refractivity contribution is 5.27. The molecular weight excluding hydrogens is 278 g/mol. The van der Waals surface area contributed by atoms with Gasteiger partial charge in [0.15, 0.2) is 0 Å². The summed E-state index contributed by atoms with van der Waals surface area (Å²) in [6, 6.07) is 5.87. The van der Waals surface area contributed by atoms with Crippen molar-refractivity contribution in [3.8, 4) is 5.75 Å². The Hall–Kier alpha value is -1.10. The molecule has 1 saturated carbocycles. The highest BCUT2D eigenvalue weighted by Crippen LogP contribution is 2.28. The molecule has 0 aliphatic heterocycles. The first-order valence-electron chi connectivity index (χ1n) is 12.2. The van der Waals surface area contributed by atoms with E-state index in [4.69, 9.17) is 23.2 Å². The minimum absolute atomic E-state index is 0.0579. The molecule has 0 saturated heterocycles. The van der Waals surface area contributed by atoms with Gasteiger partial charge < -0.3 is 19.9 Å². The average molecular weight is 317 g/mol. The number of hydrogen-bond donors (Lipinski definition) is 2. The lowest BCUT2D eigenvalue weighted by Crippen LogP contribution is -2.35. The fourth-order valence-corrected chi connectivity index (χ4v) is 1.55. The van der Waals surface area contributed by atoms with Gasteiger partial charge in [-0.15, -0.1) is 0 Å². The number of hydrogen-bond acceptors (Lipinski definition) is 4. The SMILES string of the molecule is [2H]C(O)(CNC(C)C)C([2H])([2H])Oc1ccc(CCOC([2H])([2H])C2([2H])C([2H])([2H])C2([2H])[2H])cc1. The topological polar surface area (TPSA) is 50.7 Å². The van der Waals surface area contributed by atoms with Gasteiger partial charge in [-0.3, -0.25) is 0 Å². The predicted molar refractivity (Wildman–Crippen MR) is 88.3 cm³/mol. The molecule has 1 atom stereocenters. The molecule has 1 fully saturated rings. The maximum Gasteiger partial charge on any atom is 0.119 e. The molecule has 22 heavy (non-hydrogen) atoms. The van der Waals surface area contributed by atoms with Crippen LogP contribution >= 0.6 is 0 Å². The van der Waals surface area contributed by atoms with Crippen LogP contribution in [0, 0.1) is 5.89 Å². The van der Waals surface area contributed by atoms with E-state index in [9.17, 15) is 5.11 Å². The predicted octanol–water partition coefficient (Wildman–Crippen LogP) is 2.39. The lowest BCUT2D eigenvalue weighted by molar-refractivity contribution is 0.104. The second-order valence-corrected chi connectivity index (χ2v) is 5.16. The third-order valence-electron chi connectivity index (χ3n) is 2.80. The van der Waals surface area contributed by atoms with Gasteiger partial charge in [-0.1, -0.05) is 26.0 Å². The molecule has 0 amide bonds. The van der Waals surface area contributed by atoms with Crippen molar-refractivity contribution in [2.75, 3.05) is 26.3 Å². The van der Waals surface area contributed by atoms with Crippen molar-refractivity contribution in [2.45, 2.75) is 45.1 Å². The maximum atomic E-state index is 10.1. The minimum atomic E-state index is -2.85. The highest BCUT2D eigenvalue weighted by Gasteiger charge is 2.20. The Kier molecular flexibility index (Phi) is 3.38. The second-order valence-electron chi connectivity index (χ2n) is 5.16. The van der Waals surface area contributed by atoms with Crippen molar-refractivity contribution in [3.63, 3.8) is 0 Å². The zero-order valence-corrected chi connectivity index (χ0v) is 12.8. The van der Waals surface area contributed by atoms with Crippen LogP contribution in [0.5, 0.6) is 5.75 Å². The molecule has 0 bridgehead atoms. The standard InChI is InChI=1S/C18H29NO3/c1-14(2)19-11-17(20)13-22-18-7-5-15(6-8-18)9-10-21-12-16-3-4-16/h5-8,14,16-17,19-20H,3-4,9-13H2,1-2H3/i3D2,4D2,12D2,13D2,16D,17D. The molecule has 1 unspecified atom stereocenters. The van der Waals surface area contributed by atoms with Gasteiger partial charge in [0.05, 0.1) is 13.5 Å². The van der Waals surface area contributed by atoms with Gasteiger partial charge in [-0.05, 0) is 42.8 Å². The Morgan fingerprint density at radius 3 is 2.82 bits per heavy atom. The van der Waals surface area contributed by atoms with E-state index in [1.54, 1.807) is 26.0 Å². The summed E-state index contributed by atoms with van der Waals surface area (Å²) in [6.45, 7) is -2.55. The van der Waals surface area contributed by atoms with Crippen LogP contribution in [0.1, 0.15) is 45.9 Å². The zero-order valence-electron chi connectivity index (χ0n) is 22.8. The van der Waals surface area contributed by atoms with Gasteiger partial charge in [0.1, 0.15) is 18.4 Å². The van der Waals surface area contributed by atoms with Crippen LogP contribution in [-0.2, 0) is 11.2 Å². The normalized spacial score (nSPS) is 31.5. The summed E-state index contributed by atoms with van der Waals surface area (Å²) in [4.78, 5) is 0. The summed E-state index contributed by atoms with van der Waals surface area (Å²) in [7, 11) is 0. The summed E-state index contributed by atoms with van der Waals surface area (Å²) in [5, 5.41) is 12.9. The van der Waals surface area contributed by atoms with E-state index in [1.807, 2.05) is 0 Å². The van der Waals surface area contributed by atoms with Crippen LogP contribution in [0.3, 0.4) is 0 Å². The summed E-state index contributed by atoms with van der Waals surface area (Å²) in [5.74, 6) is -2.61. The van der Waals surface area contributed by atoms with Crippen LogP contribution < -0.4 is 10.1 Å². The summed E-state index contributed by atoms with van der Waals surface area (Å²) >= 11 is 0. The molecule has 0 radical (unpaired) electrons. The van der Waals surface area contributed by atoms with E-state index in [0.29, 0.717) is 5.56 Å². The average Bonchev–Trinajstić information content (AvgIpc) is 2.99. The molecule has 2 rings (SSSR count). The number of rotatable bonds is 11. The summed E-state index contributed by atoms with van der Waals surface area (Å²) < 4.78 is 87.6. The number of benzene rings is 1. The van der Waals surface area contributed by atoms with Crippen molar-refractivity contribution in [1.29, 1.82) is 0 Å². The first-order valence-corrected chi connectivity index (χ1v) is 7.20. The quantitative estimate of drug-likeness (QED) is 0.658. The van der Waals surface area contributed by atoms with Crippen molar-refractivity contribution in [1.82, 2.24) is 5.32 Å². The van der Waals surface area contributed by atoms with E-state index >= 15 is 0 Å². The Bertz CT molecular complexity index is 785. The zero-order chi connectivity index (χ0) is 24.8. The minimum Gasteiger partial charge on any atom is -0.491 e. The second kappa shape index (κ2) is 9.13. The van der Waals surface area contributed by atoms with E-state index in [-0.39, 0.29) is 31.4 Å². The summed E-state index contributed by atoms with van der Waals surface area (Å²) in [6.07, 6.45) is -7.73. The molecule has 4 nitrogen and oxygen atoms in total. The third kappa shape index (κ3) is 7.25. The van der Waals surface area contributed by atoms with Crippen LogP contribution in [0.2, 0.25) is 0 Å². The largest absolute Gasteiger partial charge is 0.491 e. The Morgan fingerprint density at radius 2 is 2.18 bits per heavy atom. The molecule has 1 aliphatic carbocycles. The Balaban J connectivity index is 1.93.